The quantitative estimate of drug-likeness (QED) is 0.0236. The van der Waals surface area contributed by atoms with Crippen LogP contribution in [-0.2, 0) is 56.8 Å². The number of carbonyl (C=O) groups excluding carboxylic acids is 2. The number of pyridine rings is 4. The van der Waals surface area contributed by atoms with E-state index in [0.29, 0.717) is 134 Å². The summed E-state index contributed by atoms with van der Waals surface area (Å²) in [5, 5.41) is 64.7. The van der Waals surface area contributed by atoms with Crippen molar-refractivity contribution in [2.75, 3.05) is 53.2 Å². The van der Waals surface area contributed by atoms with Crippen LogP contribution in [0, 0.1) is 11.8 Å². The molecule has 10 aromatic rings. The number of aryl methyl sites for hydroxylation is 4. The Hall–Kier alpha value is -13.3. The second kappa shape index (κ2) is 49.3. The molecule has 9 heterocycles. The highest BCUT2D eigenvalue weighted by atomic mass is 16.3. The minimum absolute atomic E-state index is 0.172. The standard InChI is InChI=1S/C24H33N5O.2C22H30N6O.2C21H28N6O/c1-15(25)19-14-26-23(29-22(19)27-16-7-6-8-17(30)13-16)28-21-11-12-24(2,3)20-10-5-4-9-18(20)21;2*1-14-5-2-3-7-16(11-14)26-21-18(20(23)29)13-25-22(28-21)27-17-8-9-19-15(12-17)6-4-10-24-19;2*1-13(22)19-12-24-21(27-20(19)25-16-3-2-4-18(28)10-16)26-17-6-5-15-11-23-8-7-14(15)9-17/h4-5,9-10,14,16-17,21,30H,1,6-8,11-13,25H2,2-3H3,(H2,26,27,28,29);2*4,6,10,13-14,16-17H,2-3,5,7-9,11-12H2,1H3,(H2,23,29)(H2,25,26,27,28);2*7-8,11-12,16-18,28H,1-6,9-10,22H2,(H2,24,25,26,27)/t16-,17+,21?;14-,16+,17+;14-,16+,17-;16-,17+,18+;16-,17-,18+/m10011/s1. The van der Waals surface area contributed by atoms with Gasteiger partial charge in [0.15, 0.2) is 0 Å². The van der Waals surface area contributed by atoms with Crippen LogP contribution in [0.1, 0.15) is 307 Å². The van der Waals surface area contributed by atoms with E-state index in [1.807, 2.05) is 49.3 Å². The summed E-state index contributed by atoms with van der Waals surface area (Å²) >= 11 is 0. The first-order valence-corrected chi connectivity index (χ1v) is 52.4. The number of nitrogens with two attached hydrogens (primary N) is 5. The number of carbonyl (C=O) groups is 2. The Balaban J connectivity index is 0.000000129. The van der Waals surface area contributed by atoms with Crippen molar-refractivity contribution in [3.63, 3.8) is 0 Å². The third-order valence-electron chi connectivity index (χ3n) is 30.1. The molecule has 5 saturated carbocycles. The highest BCUT2D eigenvalue weighted by Gasteiger charge is 2.36. The summed E-state index contributed by atoms with van der Waals surface area (Å²) in [4.78, 5) is 86.8. The Labute approximate surface area is 846 Å². The molecule has 1 unspecified atom stereocenters. The number of nitrogens with zero attached hydrogens (tertiary/aromatic N) is 14. The molecule has 2 amide bonds. The Morgan fingerprint density at radius 1 is 0.326 bits per heavy atom. The van der Waals surface area contributed by atoms with Crippen molar-refractivity contribution < 1.29 is 24.9 Å². The van der Waals surface area contributed by atoms with Gasteiger partial charge in [-0.05, 0) is 279 Å². The van der Waals surface area contributed by atoms with Crippen molar-refractivity contribution in [2.45, 2.75) is 343 Å². The predicted octanol–water partition coefficient (Wildman–Crippen LogP) is 16.0. The van der Waals surface area contributed by atoms with E-state index < -0.39 is 11.8 Å². The minimum Gasteiger partial charge on any atom is -0.399 e. The number of hydrogen-bond donors (Lipinski definition) is 18. The van der Waals surface area contributed by atoms with E-state index in [4.69, 9.17) is 43.6 Å². The zero-order valence-corrected chi connectivity index (χ0v) is 84.2. The summed E-state index contributed by atoms with van der Waals surface area (Å²) in [5.41, 5.74) is 46.3. The third-order valence-corrected chi connectivity index (χ3v) is 30.1. The zero-order chi connectivity index (χ0) is 101. The highest BCUT2D eigenvalue weighted by Crippen LogP contribution is 2.44. The highest BCUT2D eigenvalue weighted by molar-refractivity contribution is 5.98. The van der Waals surface area contributed by atoms with Crippen molar-refractivity contribution in [1.82, 2.24) is 69.8 Å². The molecule has 34 nitrogen and oxygen atoms in total. The number of benzene rings is 1. The van der Waals surface area contributed by atoms with Crippen LogP contribution in [0.2, 0.25) is 0 Å². The summed E-state index contributed by atoms with van der Waals surface area (Å²) in [6.45, 7) is 20.8. The summed E-state index contributed by atoms with van der Waals surface area (Å²) in [6, 6.07) is 23.4. The van der Waals surface area contributed by atoms with Gasteiger partial charge in [0.25, 0.3) is 11.8 Å². The van der Waals surface area contributed by atoms with Gasteiger partial charge in [0.1, 0.15) is 29.1 Å². The molecule has 5 fully saturated rings. The van der Waals surface area contributed by atoms with E-state index in [9.17, 15) is 24.9 Å². The van der Waals surface area contributed by atoms with Crippen LogP contribution < -0.4 is 81.8 Å². The maximum Gasteiger partial charge on any atom is 0.254 e. The first-order chi connectivity index (χ1) is 69.7. The fraction of sp³-hybridized carbons (Fsp3) is 0.509. The van der Waals surface area contributed by atoms with Gasteiger partial charge in [-0.1, -0.05) is 122 Å². The monoisotopic (exact) mass is 1960 g/mol. The largest absolute Gasteiger partial charge is 0.399 e. The van der Waals surface area contributed by atoms with Crippen molar-refractivity contribution in [2.24, 2.45) is 40.5 Å². The van der Waals surface area contributed by atoms with Gasteiger partial charge in [-0.25, -0.2) is 24.9 Å². The third kappa shape index (κ3) is 28.6. The average molecular weight is 1960 g/mol. The molecular formula is C110H149N29O5. The van der Waals surface area contributed by atoms with Gasteiger partial charge in [0.2, 0.25) is 29.7 Å². The molecule has 0 spiro atoms. The molecule has 0 aliphatic heterocycles. The Morgan fingerprint density at radius 2 is 0.660 bits per heavy atom. The SMILES string of the molecule is C=C(N)c1cnc(NC2CCC(C)(C)c3ccccc32)nc1N[C@@H]1CCC[C@H](O)C1.C=C(N)c1cnc(N[C@@H]2CCc3cnccc3C2)nc1N[C@@H]1CCC[C@H](O)C1.C=C(N)c1cnc(N[C@H]2CCc3cnccc3C2)nc1N[C@@H]1CCC[C@H](O)C1.C[C@H]1CCCC[C@@H](Nc2nc(N[C@@H]3CCc4ncccc4C3)ncc2C(N)=O)C1.C[C@H]1CCCC[C@@H](Nc2nc(N[C@H]3CCc4ncccc4C3)ncc2C(N)=O)C1. The summed E-state index contributed by atoms with van der Waals surface area (Å²) < 4.78 is 0. The van der Waals surface area contributed by atoms with E-state index in [1.54, 1.807) is 31.0 Å². The first kappa shape index (κ1) is 104. The first-order valence-electron chi connectivity index (χ1n) is 52.4. The van der Waals surface area contributed by atoms with E-state index in [-0.39, 0.29) is 72.1 Å². The van der Waals surface area contributed by atoms with Crippen LogP contribution in [0.25, 0.3) is 17.1 Å². The molecule has 10 aliphatic carbocycles. The second-order valence-electron chi connectivity index (χ2n) is 42.1. The number of hydrogen-bond acceptors (Lipinski definition) is 32. The van der Waals surface area contributed by atoms with Gasteiger partial charge in [0, 0.05) is 151 Å². The number of fused-ring (bicyclic) bond motifs is 5. The van der Waals surface area contributed by atoms with Gasteiger partial charge in [-0.2, -0.15) is 24.9 Å². The number of anilines is 10. The van der Waals surface area contributed by atoms with E-state index in [2.05, 4.69) is 204 Å². The van der Waals surface area contributed by atoms with Gasteiger partial charge < -0.3 is 97.2 Å². The van der Waals surface area contributed by atoms with E-state index in [0.717, 1.165) is 186 Å². The molecule has 0 radical (unpaired) electrons. The predicted molar refractivity (Wildman–Crippen MR) is 572 cm³/mol. The van der Waals surface area contributed by atoms with Crippen LogP contribution in [0.5, 0.6) is 0 Å². The van der Waals surface area contributed by atoms with Crippen LogP contribution in [0.4, 0.5) is 58.8 Å². The van der Waals surface area contributed by atoms with Crippen molar-refractivity contribution in [3.8, 4) is 0 Å². The molecule has 9 aromatic heterocycles. The Bertz CT molecular complexity index is 5760. The van der Waals surface area contributed by atoms with Crippen molar-refractivity contribution in [3.05, 3.63) is 232 Å². The number of aromatic nitrogens is 14. The number of amides is 2. The van der Waals surface area contributed by atoms with E-state index >= 15 is 0 Å². The molecule has 23 N–H and O–H groups in total. The number of aliphatic hydroxyl groups excluding tert-OH is 3. The second-order valence-corrected chi connectivity index (χ2v) is 42.1. The molecule has 1 aromatic carbocycles. The van der Waals surface area contributed by atoms with Gasteiger partial charge in [-0.3, -0.25) is 29.5 Å². The van der Waals surface area contributed by atoms with Crippen LogP contribution in [-0.4, -0.2) is 170 Å². The topological polar surface area (TPSA) is 526 Å². The number of rotatable bonds is 25. The molecule has 144 heavy (non-hydrogen) atoms. The van der Waals surface area contributed by atoms with Crippen molar-refractivity contribution >= 4 is 87.7 Å². The van der Waals surface area contributed by atoms with Crippen LogP contribution in [0.3, 0.4) is 0 Å². The Morgan fingerprint density at radius 3 is 1.03 bits per heavy atom. The average Bonchev–Trinajstić information content (AvgIpc) is 0.821. The molecule has 15 atom stereocenters. The fourth-order valence-corrected chi connectivity index (χ4v) is 22.2. The molecular weight excluding hydrogens is 1810 g/mol. The summed E-state index contributed by atoms with van der Waals surface area (Å²) in [7, 11) is 0. The number of primary amides is 2. The molecule has 10 aliphatic rings. The molecule has 0 saturated heterocycles. The number of nitrogens with one attached hydrogen (secondary N) is 10. The van der Waals surface area contributed by atoms with Gasteiger partial charge in [-0.15, -0.1) is 0 Å². The van der Waals surface area contributed by atoms with Crippen molar-refractivity contribution in [1.29, 1.82) is 0 Å². The summed E-state index contributed by atoms with van der Waals surface area (Å²) in [5.74, 6) is 6.32. The van der Waals surface area contributed by atoms with Crippen LogP contribution >= 0.6 is 0 Å². The van der Waals surface area contributed by atoms with Gasteiger partial charge in [0.05, 0.1) is 52.2 Å². The fourth-order valence-electron chi connectivity index (χ4n) is 22.2. The number of aliphatic hydroxyl groups is 3. The molecule has 764 valence electrons. The lowest BCUT2D eigenvalue weighted by Gasteiger charge is -2.37. The normalized spacial score (nSPS) is 24.5. The Kier molecular flexibility index (Phi) is 35.4. The lowest BCUT2D eigenvalue weighted by atomic mass is 9.71. The van der Waals surface area contributed by atoms with Gasteiger partial charge >= 0.3 is 0 Å². The minimum atomic E-state index is -0.501. The zero-order valence-electron chi connectivity index (χ0n) is 84.2. The maximum absolute atomic E-state index is 11.9. The van der Waals surface area contributed by atoms with Crippen LogP contribution in [0.15, 0.2) is 149 Å². The molecule has 20 rings (SSSR count). The maximum atomic E-state index is 11.9. The van der Waals surface area contributed by atoms with E-state index in [1.165, 1.54) is 94.4 Å². The molecule has 34 heteroatoms. The lowest BCUT2D eigenvalue weighted by Crippen LogP contribution is -2.31. The smallest absolute Gasteiger partial charge is 0.254 e. The molecule has 0 bridgehead atoms. The summed E-state index contributed by atoms with van der Waals surface area (Å²) in [6.07, 6.45) is 55.0. The lowest BCUT2D eigenvalue weighted by molar-refractivity contribution is 0.0991.